The van der Waals surface area contributed by atoms with Gasteiger partial charge in [0.25, 0.3) is 0 Å². The maximum absolute atomic E-state index is 4.29. The first-order valence-electron chi connectivity index (χ1n) is 6.74. The molecule has 0 radical (unpaired) electrons. The number of nitrogens with zero attached hydrogens (tertiary/aromatic N) is 3. The van der Waals surface area contributed by atoms with Gasteiger partial charge in [0.1, 0.15) is 0 Å². The van der Waals surface area contributed by atoms with Crippen LogP contribution in [-0.2, 0) is 5.75 Å². The number of aromatic nitrogens is 3. The number of hydrogen-bond acceptors (Lipinski definition) is 4. The maximum Gasteiger partial charge on any atom is 0.229 e. The van der Waals surface area contributed by atoms with Gasteiger partial charge in [0, 0.05) is 12.8 Å². The fourth-order valence-electron chi connectivity index (χ4n) is 2.06. The highest BCUT2D eigenvalue weighted by molar-refractivity contribution is 7.98. The van der Waals surface area contributed by atoms with Crippen molar-refractivity contribution in [3.05, 3.63) is 66.2 Å². The molecule has 1 heterocycles. The van der Waals surface area contributed by atoms with Crippen LogP contribution >= 0.6 is 11.8 Å². The molecular formula is C16H16N4S. The van der Waals surface area contributed by atoms with E-state index in [4.69, 9.17) is 0 Å². The summed E-state index contributed by atoms with van der Waals surface area (Å²) in [6, 6.07) is 20.5. The molecule has 0 amide bonds. The summed E-state index contributed by atoms with van der Waals surface area (Å²) in [6.07, 6.45) is 0. The minimum absolute atomic E-state index is 0.747. The summed E-state index contributed by atoms with van der Waals surface area (Å²) in [5, 5.41) is 12.5. The van der Waals surface area contributed by atoms with E-state index in [1.807, 2.05) is 35.9 Å². The molecule has 3 aromatic rings. The van der Waals surface area contributed by atoms with Gasteiger partial charge in [0.15, 0.2) is 5.16 Å². The molecule has 0 spiro atoms. The third-order valence-electron chi connectivity index (χ3n) is 3.08. The highest BCUT2D eigenvalue weighted by atomic mass is 32.2. The van der Waals surface area contributed by atoms with Gasteiger partial charge in [-0.1, -0.05) is 60.3 Å². The first-order valence-corrected chi connectivity index (χ1v) is 7.72. The van der Waals surface area contributed by atoms with Crippen molar-refractivity contribution in [2.75, 3.05) is 12.4 Å². The molecule has 0 unspecified atom stereocenters. The second kappa shape index (κ2) is 6.45. The summed E-state index contributed by atoms with van der Waals surface area (Å²) < 4.78 is 2.04. The van der Waals surface area contributed by atoms with Crippen LogP contribution < -0.4 is 5.32 Å². The lowest BCUT2D eigenvalue weighted by Gasteiger charge is -2.09. The molecule has 2 aromatic carbocycles. The Bertz CT molecular complexity index is 695. The molecule has 106 valence electrons. The van der Waals surface area contributed by atoms with Crippen molar-refractivity contribution in [1.82, 2.24) is 14.8 Å². The molecular weight excluding hydrogens is 280 g/mol. The lowest BCUT2D eigenvalue weighted by atomic mass is 10.2. The van der Waals surface area contributed by atoms with Gasteiger partial charge in [-0.3, -0.25) is 4.57 Å². The second-order valence-electron chi connectivity index (χ2n) is 4.50. The van der Waals surface area contributed by atoms with Gasteiger partial charge in [-0.25, -0.2) is 0 Å². The van der Waals surface area contributed by atoms with E-state index in [1.54, 1.807) is 11.8 Å². The average molecular weight is 296 g/mol. The third-order valence-corrected chi connectivity index (χ3v) is 4.08. The summed E-state index contributed by atoms with van der Waals surface area (Å²) in [5.74, 6) is 1.62. The fraction of sp³-hybridized carbons (Fsp3) is 0.125. The topological polar surface area (TPSA) is 42.7 Å². The number of para-hydroxylation sites is 1. The molecule has 4 nitrogen and oxygen atoms in total. The third kappa shape index (κ3) is 3.08. The van der Waals surface area contributed by atoms with E-state index in [0.29, 0.717) is 0 Å². The number of anilines is 1. The van der Waals surface area contributed by atoms with Gasteiger partial charge in [-0.2, -0.15) is 0 Å². The zero-order valence-corrected chi connectivity index (χ0v) is 12.5. The van der Waals surface area contributed by atoms with Gasteiger partial charge in [0.05, 0.1) is 5.69 Å². The minimum atomic E-state index is 0.747. The Labute approximate surface area is 128 Å². The van der Waals surface area contributed by atoms with Crippen molar-refractivity contribution in [3.63, 3.8) is 0 Å². The molecule has 0 atom stereocenters. The number of thioether (sulfide) groups is 1. The number of nitrogens with one attached hydrogen (secondary N) is 1. The smallest absolute Gasteiger partial charge is 0.229 e. The summed E-state index contributed by atoms with van der Waals surface area (Å²) in [6.45, 7) is 0. The quantitative estimate of drug-likeness (QED) is 0.731. The van der Waals surface area contributed by atoms with Gasteiger partial charge in [-0.05, 0) is 17.7 Å². The molecule has 0 aliphatic rings. The summed E-state index contributed by atoms with van der Waals surface area (Å²) in [5.41, 5.74) is 2.33. The zero-order chi connectivity index (χ0) is 14.5. The first-order chi connectivity index (χ1) is 10.4. The van der Waals surface area contributed by atoms with E-state index in [9.17, 15) is 0 Å². The molecule has 1 aromatic heterocycles. The van der Waals surface area contributed by atoms with E-state index < -0.39 is 0 Å². The molecule has 21 heavy (non-hydrogen) atoms. The van der Waals surface area contributed by atoms with Gasteiger partial charge in [0.2, 0.25) is 5.95 Å². The predicted molar refractivity (Wildman–Crippen MR) is 86.9 cm³/mol. The molecule has 0 aliphatic heterocycles. The second-order valence-corrected chi connectivity index (χ2v) is 5.44. The number of hydrogen-bond donors (Lipinski definition) is 1. The summed E-state index contributed by atoms with van der Waals surface area (Å²) >= 11 is 1.68. The van der Waals surface area contributed by atoms with E-state index >= 15 is 0 Å². The average Bonchev–Trinajstić information content (AvgIpc) is 2.97. The minimum Gasteiger partial charge on any atom is -0.357 e. The first kappa shape index (κ1) is 13.7. The van der Waals surface area contributed by atoms with Crippen LogP contribution in [0.3, 0.4) is 0 Å². The van der Waals surface area contributed by atoms with Crippen LogP contribution in [0.1, 0.15) is 5.56 Å². The SMILES string of the molecule is CNc1nnc(SCc2ccccc2)n1-c1ccccc1. The van der Waals surface area contributed by atoms with Crippen molar-refractivity contribution in [3.8, 4) is 5.69 Å². The Morgan fingerprint density at radius 2 is 1.62 bits per heavy atom. The van der Waals surface area contributed by atoms with Crippen LogP contribution in [0.2, 0.25) is 0 Å². The van der Waals surface area contributed by atoms with Crippen LogP contribution in [0, 0.1) is 0 Å². The van der Waals surface area contributed by atoms with Gasteiger partial charge in [-0.15, -0.1) is 10.2 Å². The van der Waals surface area contributed by atoms with Crippen LogP contribution in [0.15, 0.2) is 65.8 Å². The lowest BCUT2D eigenvalue weighted by molar-refractivity contribution is 0.885. The Kier molecular flexibility index (Phi) is 4.21. The number of rotatable bonds is 5. The Morgan fingerprint density at radius 3 is 2.29 bits per heavy atom. The van der Waals surface area contributed by atoms with E-state index in [2.05, 4.69) is 51.9 Å². The highest BCUT2D eigenvalue weighted by Crippen LogP contribution is 2.26. The van der Waals surface area contributed by atoms with Crippen molar-refractivity contribution < 1.29 is 0 Å². The van der Waals surface area contributed by atoms with E-state index in [1.165, 1.54) is 5.56 Å². The normalized spacial score (nSPS) is 10.5. The summed E-state index contributed by atoms with van der Waals surface area (Å²) in [4.78, 5) is 0. The van der Waals surface area contributed by atoms with Crippen LogP contribution in [0.25, 0.3) is 5.69 Å². The van der Waals surface area contributed by atoms with Crippen LogP contribution in [-0.4, -0.2) is 21.8 Å². The predicted octanol–water partition coefficient (Wildman–Crippen LogP) is 3.60. The van der Waals surface area contributed by atoms with Crippen molar-refractivity contribution in [1.29, 1.82) is 0 Å². The molecule has 5 heteroatoms. The Balaban J connectivity index is 1.87. The lowest BCUT2D eigenvalue weighted by Crippen LogP contribution is -2.02. The van der Waals surface area contributed by atoms with E-state index in [0.717, 1.165) is 22.5 Å². The van der Waals surface area contributed by atoms with Gasteiger partial charge < -0.3 is 5.32 Å². The number of benzene rings is 2. The van der Waals surface area contributed by atoms with Crippen LogP contribution in [0.5, 0.6) is 0 Å². The Morgan fingerprint density at radius 1 is 0.952 bits per heavy atom. The molecule has 0 fully saturated rings. The molecule has 0 saturated heterocycles. The molecule has 1 N–H and O–H groups in total. The fourth-order valence-corrected chi connectivity index (χ4v) is 2.97. The standard InChI is InChI=1S/C16H16N4S/c1-17-15-18-19-16(20(15)14-10-6-3-7-11-14)21-12-13-8-4-2-5-9-13/h2-11H,12H2,1H3,(H,17,18). The molecule has 0 aliphatic carbocycles. The molecule has 3 rings (SSSR count). The highest BCUT2D eigenvalue weighted by Gasteiger charge is 2.13. The molecule has 0 saturated carbocycles. The molecule has 0 bridgehead atoms. The summed E-state index contributed by atoms with van der Waals surface area (Å²) in [7, 11) is 1.86. The monoisotopic (exact) mass is 296 g/mol. The zero-order valence-electron chi connectivity index (χ0n) is 11.7. The van der Waals surface area contributed by atoms with Crippen LogP contribution in [0.4, 0.5) is 5.95 Å². The largest absolute Gasteiger partial charge is 0.357 e. The van der Waals surface area contributed by atoms with Gasteiger partial charge >= 0.3 is 0 Å². The van der Waals surface area contributed by atoms with Crippen molar-refractivity contribution >= 4 is 17.7 Å². The van der Waals surface area contributed by atoms with E-state index in [-0.39, 0.29) is 0 Å². The Hall–Kier alpha value is -2.27. The maximum atomic E-state index is 4.29. The van der Waals surface area contributed by atoms with Crippen molar-refractivity contribution in [2.24, 2.45) is 0 Å². The van der Waals surface area contributed by atoms with Crippen molar-refractivity contribution in [2.45, 2.75) is 10.9 Å².